The van der Waals surface area contributed by atoms with Gasteiger partial charge >= 0.3 is 0 Å². The van der Waals surface area contributed by atoms with Gasteiger partial charge in [0.2, 0.25) is 0 Å². The minimum absolute atomic E-state index is 0.750. The number of aryl methyl sites for hydroxylation is 2. The molecule has 0 N–H and O–H groups in total. The Hall–Kier alpha value is -1.03. The molecule has 4 nitrogen and oxygen atoms in total. The molecule has 0 atom stereocenters. The summed E-state index contributed by atoms with van der Waals surface area (Å²) in [4.78, 5) is 6.45. The van der Waals surface area contributed by atoms with E-state index in [2.05, 4.69) is 22.1 Å². The van der Waals surface area contributed by atoms with Gasteiger partial charge in [0, 0.05) is 0 Å². The maximum absolute atomic E-state index is 4.42. The highest BCUT2D eigenvalue weighted by Crippen LogP contribution is 2.04. The van der Waals surface area contributed by atoms with E-state index in [4.69, 9.17) is 0 Å². The van der Waals surface area contributed by atoms with Crippen LogP contribution in [0.2, 0.25) is 0 Å². The summed E-state index contributed by atoms with van der Waals surface area (Å²) in [5.74, 6) is 0.798. The van der Waals surface area contributed by atoms with Crippen molar-refractivity contribution in [2.75, 3.05) is 14.1 Å². The Kier molecular flexibility index (Phi) is 3.95. The Morgan fingerprint density at radius 1 is 1.21 bits per heavy atom. The fourth-order valence-corrected chi connectivity index (χ4v) is 1.29. The summed E-state index contributed by atoms with van der Waals surface area (Å²) in [7, 11) is 4.00. The highest BCUT2D eigenvalue weighted by atomic mass is 15.2. The molecule has 0 radical (unpaired) electrons. The lowest BCUT2D eigenvalue weighted by Gasteiger charge is -2.08. The van der Waals surface area contributed by atoms with Crippen molar-refractivity contribution >= 4 is 0 Å². The van der Waals surface area contributed by atoms with Gasteiger partial charge in [-0.2, -0.15) is 5.10 Å². The van der Waals surface area contributed by atoms with E-state index in [9.17, 15) is 0 Å². The zero-order valence-corrected chi connectivity index (χ0v) is 9.41. The molecule has 0 aliphatic heterocycles. The molecule has 78 valence electrons. The second kappa shape index (κ2) is 5.00. The van der Waals surface area contributed by atoms with E-state index in [1.54, 1.807) is 0 Å². The zero-order chi connectivity index (χ0) is 10.6. The van der Waals surface area contributed by atoms with Crippen LogP contribution < -0.4 is 0 Å². The maximum Gasteiger partial charge on any atom is 0.165 e. The van der Waals surface area contributed by atoms with Crippen LogP contribution in [0.1, 0.15) is 30.6 Å². The molecule has 14 heavy (non-hydrogen) atoms. The molecule has 0 aromatic carbocycles. The summed E-state index contributed by atoms with van der Waals surface area (Å²) in [5, 5.41) is 8.28. The van der Waals surface area contributed by atoms with Crippen LogP contribution in [0.15, 0.2) is 0 Å². The number of hydrogen-bond donors (Lipinski definition) is 0. The summed E-state index contributed by atoms with van der Waals surface area (Å²) in [6.07, 6.45) is 2.05. The first-order chi connectivity index (χ1) is 6.63. The predicted molar refractivity (Wildman–Crippen MR) is 56.0 cm³/mol. The highest BCUT2D eigenvalue weighted by molar-refractivity contribution is 5.08. The van der Waals surface area contributed by atoms with Gasteiger partial charge in [-0.1, -0.05) is 13.3 Å². The van der Waals surface area contributed by atoms with E-state index in [1.807, 2.05) is 25.9 Å². The summed E-state index contributed by atoms with van der Waals surface area (Å²) >= 11 is 0. The first kappa shape index (κ1) is 11.0. The monoisotopic (exact) mass is 194 g/mol. The summed E-state index contributed by atoms with van der Waals surface area (Å²) in [5.41, 5.74) is 2.04. The number of rotatable bonds is 4. The Morgan fingerprint density at radius 3 is 2.43 bits per heavy atom. The van der Waals surface area contributed by atoms with Gasteiger partial charge in [0.15, 0.2) is 5.82 Å². The first-order valence-electron chi connectivity index (χ1n) is 4.97. The second-order valence-electron chi connectivity index (χ2n) is 3.75. The first-order valence-corrected chi connectivity index (χ1v) is 4.97. The van der Waals surface area contributed by atoms with Gasteiger partial charge < -0.3 is 4.90 Å². The van der Waals surface area contributed by atoms with E-state index < -0.39 is 0 Å². The van der Waals surface area contributed by atoms with Crippen LogP contribution in [0.5, 0.6) is 0 Å². The predicted octanol–water partition coefficient (Wildman–Crippen LogP) is 1.19. The van der Waals surface area contributed by atoms with Gasteiger partial charge in [-0.25, -0.2) is 4.98 Å². The lowest BCUT2D eigenvalue weighted by Crippen LogP contribution is -2.15. The Balaban J connectivity index is 2.78. The van der Waals surface area contributed by atoms with Crippen molar-refractivity contribution in [1.29, 1.82) is 0 Å². The fraction of sp³-hybridized carbons (Fsp3) is 0.700. The van der Waals surface area contributed by atoms with E-state index >= 15 is 0 Å². The third-order valence-corrected chi connectivity index (χ3v) is 1.94. The molecule has 0 aliphatic carbocycles. The third kappa shape index (κ3) is 3.03. The van der Waals surface area contributed by atoms with Crippen LogP contribution in [0.25, 0.3) is 0 Å². The molecule has 0 bridgehead atoms. The molecule has 1 heterocycles. The van der Waals surface area contributed by atoms with Crippen LogP contribution in [0.4, 0.5) is 0 Å². The quantitative estimate of drug-likeness (QED) is 0.722. The van der Waals surface area contributed by atoms with E-state index in [-0.39, 0.29) is 0 Å². The van der Waals surface area contributed by atoms with Crippen molar-refractivity contribution in [2.45, 2.75) is 33.2 Å². The van der Waals surface area contributed by atoms with E-state index in [0.717, 1.165) is 36.6 Å². The number of hydrogen-bond acceptors (Lipinski definition) is 4. The van der Waals surface area contributed by atoms with Gasteiger partial charge in [-0.15, -0.1) is 5.10 Å². The average Bonchev–Trinajstić information content (AvgIpc) is 2.09. The van der Waals surface area contributed by atoms with Crippen LogP contribution in [-0.4, -0.2) is 34.2 Å². The largest absolute Gasteiger partial charge is 0.302 e. The van der Waals surface area contributed by atoms with Gasteiger partial charge in [-0.3, -0.25) is 0 Å². The zero-order valence-electron chi connectivity index (χ0n) is 9.41. The van der Waals surface area contributed by atoms with Crippen molar-refractivity contribution in [1.82, 2.24) is 20.1 Å². The van der Waals surface area contributed by atoms with Crippen LogP contribution in [-0.2, 0) is 13.0 Å². The van der Waals surface area contributed by atoms with Crippen LogP contribution in [0.3, 0.4) is 0 Å². The smallest absolute Gasteiger partial charge is 0.165 e. The fourth-order valence-electron chi connectivity index (χ4n) is 1.29. The standard InChI is InChI=1S/C10H18N4/c1-5-6-9-8(2)11-10(13-12-9)7-14(3)4/h5-7H2,1-4H3. The molecule has 0 amide bonds. The molecule has 0 unspecified atom stereocenters. The Labute approximate surface area is 85.4 Å². The minimum atomic E-state index is 0.750. The maximum atomic E-state index is 4.42. The molecule has 0 aliphatic rings. The van der Waals surface area contributed by atoms with Gasteiger partial charge in [0.05, 0.1) is 17.9 Å². The topological polar surface area (TPSA) is 41.9 Å². The molecule has 1 aromatic rings. The molecule has 4 heteroatoms. The molecule has 0 saturated heterocycles. The molecule has 0 fully saturated rings. The summed E-state index contributed by atoms with van der Waals surface area (Å²) in [6.45, 7) is 4.88. The summed E-state index contributed by atoms with van der Waals surface area (Å²) < 4.78 is 0. The summed E-state index contributed by atoms with van der Waals surface area (Å²) in [6, 6.07) is 0. The van der Waals surface area contributed by atoms with Gasteiger partial charge in [0.25, 0.3) is 0 Å². The van der Waals surface area contributed by atoms with Crippen molar-refractivity contribution in [3.05, 3.63) is 17.2 Å². The average molecular weight is 194 g/mol. The third-order valence-electron chi connectivity index (χ3n) is 1.94. The van der Waals surface area contributed by atoms with E-state index in [0.29, 0.717) is 0 Å². The lowest BCUT2D eigenvalue weighted by molar-refractivity contribution is 0.386. The highest BCUT2D eigenvalue weighted by Gasteiger charge is 2.04. The van der Waals surface area contributed by atoms with Crippen molar-refractivity contribution < 1.29 is 0 Å². The Morgan fingerprint density at radius 2 is 1.93 bits per heavy atom. The van der Waals surface area contributed by atoms with Crippen LogP contribution in [0, 0.1) is 6.92 Å². The van der Waals surface area contributed by atoms with Crippen molar-refractivity contribution in [2.24, 2.45) is 0 Å². The molecular weight excluding hydrogens is 176 g/mol. The van der Waals surface area contributed by atoms with E-state index in [1.165, 1.54) is 0 Å². The normalized spacial score (nSPS) is 10.9. The van der Waals surface area contributed by atoms with Crippen LogP contribution >= 0.6 is 0 Å². The van der Waals surface area contributed by atoms with Crippen molar-refractivity contribution in [3.63, 3.8) is 0 Å². The lowest BCUT2D eigenvalue weighted by atomic mass is 10.2. The van der Waals surface area contributed by atoms with Crippen molar-refractivity contribution in [3.8, 4) is 0 Å². The molecule has 0 saturated carbocycles. The second-order valence-corrected chi connectivity index (χ2v) is 3.75. The number of nitrogens with zero attached hydrogens (tertiary/aromatic N) is 4. The Bertz CT molecular complexity index is 296. The molecule has 1 aromatic heterocycles. The molecular formula is C10H18N4. The molecule has 1 rings (SSSR count). The minimum Gasteiger partial charge on any atom is -0.302 e. The van der Waals surface area contributed by atoms with Gasteiger partial charge in [0.1, 0.15) is 0 Å². The molecule has 0 spiro atoms. The van der Waals surface area contributed by atoms with Gasteiger partial charge in [-0.05, 0) is 27.4 Å². The number of aromatic nitrogens is 3. The SMILES string of the molecule is CCCc1nnc(CN(C)C)nc1C.